The first-order chi connectivity index (χ1) is 11.7. The molecule has 138 valence electrons. The number of piperazine rings is 1. The largest absolute Gasteiger partial charge is 0.339 e. The highest BCUT2D eigenvalue weighted by atomic mass is 16.2. The van der Waals surface area contributed by atoms with Crippen LogP contribution in [0.5, 0.6) is 0 Å². The van der Waals surface area contributed by atoms with Gasteiger partial charge in [-0.3, -0.25) is 9.59 Å². The van der Waals surface area contributed by atoms with Crippen LogP contribution in [0.4, 0.5) is 0 Å². The molecule has 0 saturated carbocycles. The van der Waals surface area contributed by atoms with Gasteiger partial charge in [-0.15, -0.1) is 0 Å². The summed E-state index contributed by atoms with van der Waals surface area (Å²) in [5.74, 6) is 0.854. The molecule has 0 aromatic heterocycles. The van der Waals surface area contributed by atoms with Crippen LogP contribution in [-0.4, -0.2) is 47.8 Å². The van der Waals surface area contributed by atoms with Crippen molar-refractivity contribution < 1.29 is 9.59 Å². The second kappa shape index (κ2) is 8.03. The van der Waals surface area contributed by atoms with Gasteiger partial charge in [-0.05, 0) is 22.5 Å². The molecule has 1 aromatic rings. The van der Waals surface area contributed by atoms with Crippen LogP contribution in [0.2, 0.25) is 0 Å². The van der Waals surface area contributed by atoms with Crippen molar-refractivity contribution in [3.8, 4) is 0 Å². The average molecular weight is 344 g/mol. The Balaban J connectivity index is 1.84. The average Bonchev–Trinajstić information content (AvgIpc) is 2.54. The van der Waals surface area contributed by atoms with Gasteiger partial charge in [-0.1, -0.05) is 58.9 Å². The van der Waals surface area contributed by atoms with Gasteiger partial charge >= 0.3 is 0 Å². The first kappa shape index (κ1) is 19.5. The van der Waals surface area contributed by atoms with Crippen molar-refractivity contribution >= 4 is 11.8 Å². The van der Waals surface area contributed by atoms with E-state index in [1.807, 2.05) is 9.80 Å². The summed E-state index contributed by atoms with van der Waals surface area (Å²) in [6.07, 6.45) is 0.997. The summed E-state index contributed by atoms with van der Waals surface area (Å²) in [5, 5.41) is 0. The maximum Gasteiger partial charge on any atom is 0.227 e. The Bertz CT molecular complexity index is 591. The van der Waals surface area contributed by atoms with Crippen molar-refractivity contribution in [3.05, 3.63) is 35.4 Å². The highest BCUT2D eigenvalue weighted by Crippen LogP contribution is 2.20. The van der Waals surface area contributed by atoms with Gasteiger partial charge in [0.25, 0.3) is 0 Å². The van der Waals surface area contributed by atoms with Crippen molar-refractivity contribution in [3.63, 3.8) is 0 Å². The fourth-order valence-corrected chi connectivity index (χ4v) is 3.08. The predicted octanol–water partition coefficient (Wildman–Crippen LogP) is 3.46. The van der Waals surface area contributed by atoms with Crippen molar-refractivity contribution in [1.29, 1.82) is 0 Å². The van der Waals surface area contributed by atoms with E-state index in [1.165, 1.54) is 5.56 Å². The van der Waals surface area contributed by atoms with E-state index in [1.54, 1.807) is 0 Å². The zero-order valence-corrected chi connectivity index (χ0v) is 16.3. The molecule has 2 rings (SSSR count). The minimum Gasteiger partial charge on any atom is -0.339 e. The molecule has 1 saturated heterocycles. The van der Waals surface area contributed by atoms with Gasteiger partial charge in [0.15, 0.2) is 0 Å². The van der Waals surface area contributed by atoms with Gasteiger partial charge in [0.1, 0.15) is 0 Å². The third-order valence-corrected chi connectivity index (χ3v) is 4.67. The van der Waals surface area contributed by atoms with E-state index in [2.05, 4.69) is 58.9 Å². The first-order valence-corrected chi connectivity index (χ1v) is 9.30. The van der Waals surface area contributed by atoms with E-state index in [4.69, 9.17) is 0 Å². The van der Waals surface area contributed by atoms with Gasteiger partial charge in [-0.25, -0.2) is 0 Å². The standard InChI is InChI=1S/C21H32N2O2/c1-16(2)18-8-6-17(7-9-18)14-19(24)22-10-12-23(13-11-22)20(25)15-21(3,4)5/h6-9,16H,10-15H2,1-5H3. The van der Waals surface area contributed by atoms with E-state index in [0.29, 0.717) is 44.9 Å². The molecule has 0 atom stereocenters. The van der Waals surface area contributed by atoms with Gasteiger partial charge in [0.2, 0.25) is 11.8 Å². The Morgan fingerprint density at radius 2 is 1.40 bits per heavy atom. The second-order valence-electron chi connectivity index (χ2n) is 8.57. The molecule has 1 aliphatic rings. The van der Waals surface area contributed by atoms with Crippen LogP contribution >= 0.6 is 0 Å². The quantitative estimate of drug-likeness (QED) is 0.839. The lowest BCUT2D eigenvalue weighted by Gasteiger charge is -2.36. The van der Waals surface area contributed by atoms with Crippen molar-refractivity contribution in [2.75, 3.05) is 26.2 Å². The molecular formula is C21H32N2O2. The van der Waals surface area contributed by atoms with Gasteiger partial charge in [-0.2, -0.15) is 0 Å². The molecule has 0 aliphatic carbocycles. The molecule has 0 N–H and O–H groups in total. The molecule has 4 heteroatoms. The van der Waals surface area contributed by atoms with Crippen LogP contribution in [0.3, 0.4) is 0 Å². The minimum atomic E-state index is 0.00614. The summed E-state index contributed by atoms with van der Waals surface area (Å²) < 4.78 is 0. The zero-order valence-electron chi connectivity index (χ0n) is 16.3. The molecule has 0 radical (unpaired) electrons. The Morgan fingerprint density at radius 3 is 1.84 bits per heavy atom. The van der Waals surface area contributed by atoms with Gasteiger partial charge < -0.3 is 9.80 Å². The van der Waals surface area contributed by atoms with E-state index >= 15 is 0 Å². The summed E-state index contributed by atoms with van der Waals surface area (Å²) in [7, 11) is 0. The number of amides is 2. The van der Waals surface area contributed by atoms with Crippen LogP contribution in [0.1, 0.15) is 58.1 Å². The highest BCUT2D eigenvalue weighted by Gasteiger charge is 2.26. The molecule has 4 nitrogen and oxygen atoms in total. The summed E-state index contributed by atoms with van der Waals surface area (Å²) in [5.41, 5.74) is 2.36. The van der Waals surface area contributed by atoms with E-state index in [-0.39, 0.29) is 17.2 Å². The maximum atomic E-state index is 12.5. The fourth-order valence-electron chi connectivity index (χ4n) is 3.08. The van der Waals surface area contributed by atoms with E-state index in [0.717, 1.165) is 5.56 Å². The first-order valence-electron chi connectivity index (χ1n) is 9.30. The summed E-state index contributed by atoms with van der Waals surface area (Å²) in [6, 6.07) is 8.32. The maximum absolute atomic E-state index is 12.5. The normalized spacial score (nSPS) is 15.6. The molecule has 0 bridgehead atoms. The lowest BCUT2D eigenvalue weighted by Crippen LogP contribution is -2.51. The molecule has 0 unspecified atom stereocenters. The number of nitrogens with zero attached hydrogens (tertiary/aromatic N) is 2. The van der Waals surface area contributed by atoms with E-state index in [9.17, 15) is 9.59 Å². The van der Waals surface area contributed by atoms with Gasteiger partial charge in [0.05, 0.1) is 6.42 Å². The van der Waals surface area contributed by atoms with E-state index < -0.39 is 0 Å². The third kappa shape index (κ3) is 5.87. The lowest BCUT2D eigenvalue weighted by atomic mass is 9.91. The van der Waals surface area contributed by atoms with Crippen LogP contribution in [0.25, 0.3) is 0 Å². The zero-order chi connectivity index (χ0) is 18.6. The highest BCUT2D eigenvalue weighted by molar-refractivity contribution is 5.80. The Kier molecular flexibility index (Phi) is 6.26. The third-order valence-electron chi connectivity index (χ3n) is 4.67. The molecule has 1 aliphatic heterocycles. The molecule has 1 heterocycles. The fraction of sp³-hybridized carbons (Fsp3) is 0.619. The Morgan fingerprint density at radius 1 is 0.920 bits per heavy atom. The van der Waals surface area contributed by atoms with Crippen LogP contribution < -0.4 is 0 Å². The minimum absolute atomic E-state index is 0.00614. The predicted molar refractivity (Wildman–Crippen MR) is 101 cm³/mol. The number of carbonyl (C=O) groups is 2. The Hall–Kier alpha value is -1.84. The summed E-state index contributed by atoms with van der Waals surface area (Å²) in [6.45, 7) is 13.1. The molecule has 25 heavy (non-hydrogen) atoms. The second-order valence-corrected chi connectivity index (χ2v) is 8.57. The monoisotopic (exact) mass is 344 g/mol. The van der Waals surface area contributed by atoms with Crippen LogP contribution in [0.15, 0.2) is 24.3 Å². The summed E-state index contributed by atoms with van der Waals surface area (Å²) >= 11 is 0. The molecule has 2 amide bonds. The van der Waals surface area contributed by atoms with Crippen molar-refractivity contribution in [2.45, 2.75) is 53.4 Å². The molecule has 0 spiro atoms. The molecular weight excluding hydrogens is 312 g/mol. The van der Waals surface area contributed by atoms with Crippen molar-refractivity contribution in [2.24, 2.45) is 5.41 Å². The molecule has 1 aromatic carbocycles. The number of carbonyl (C=O) groups excluding carboxylic acids is 2. The molecule has 1 fully saturated rings. The summed E-state index contributed by atoms with van der Waals surface area (Å²) in [4.78, 5) is 28.6. The lowest BCUT2D eigenvalue weighted by molar-refractivity contribution is -0.140. The van der Waals surface area contributed by atoms with Crippen LogP contribution in [-0.2, 0) is 16.0 Å². The number of hydrogen-bond donors (Lipinski definition) is 0. The van der Waals surface area contributed by atoms with Crippen molar-refractivity contribution in [1.82, 2.24) is 9.80 Å². The number of benzene rings is 1. The Labute approximate surface area is 152 Å². The van der Waals surface area contributed by atoms with Gasteiger partial charge in [0, 0.05) is 32.6 Å². The van der Waals surface area contributed by atoms with Crippen LogP contribution in [0, 0.1) is 5.41 Å². The number of rotatable bonds is 4. The SMILES string of the molecule is CC(C)c1ccc(CC(=O)N2CCN(C(=O)CC(C)(C)C)CC2)cc1. The number of hydrogen-bond acceptors (Lipinski definition) is 2. The topological polar surface area (TPSA) is 40.6 Å². The smallest absolute Gasteiger partial charge is 0.227 e.